The normalized spacial score (nSPS) is 36.5. The minimum absolute atomic E-state index is 0.00588. The topological polar surface area (TPSA) is 61.8 Å². The molecule has 3 saturated heterocycles. The fraction of sp³-hybridized carbons (Fsp3) is 0.375. The number of fused-ring (bicyclic) bond motifs is 1. The van der Waals surface area contributed by atoms with Crippen LogP contribution in [0.5, 0.6) is 0 Å². The van der Waals surface area contributed by atoms with Crippen LogP contribution in [0.15, 0.2) is 72.8 Å². The first-order chi connectivity index (χ1) is 14.7. The molecule has 0 radical (unpaired) electrons. The number of rotatable bonds is 7. The van der Waals surface area contributed by atoms with E-state index in [-0.39, 0.29) is 36.4 Å². The average molecular weight is 406 g/mol. The van der Waals surface area contributed by atoms with Crippen LogP contribution in [0.3, 0.4) is 0 Å². The van der Waals surface area contributed by atoms with Gasteiger partial charge in [-0.05, 0) is 18.1 Å². The summed E-state index contributed by atoms with van der Waals surface area (Å²) in [5, 5.41) is 10.5. The number of carbonyl (C=O) groups excluding carboxylic acids is 1. The molecule has 3 fully saturated rings. The summed E-state index contributed by atoms with van der Waals surface area (Å²) < 4.78 is 10.9. The van der Waals surface area contributed by atoms with Crippen LogP contribution >= 0.6 is 0 Å². The van der Waals surface area contributed by atoms with E-state index in [2.05, 4.69) is 34.1 Å². The van der Waals surface area contributed by atoms with Crippen molar-refractivity contribution in [3.63, 3.8) is 0 Å². The van der Waals surface area contributed by atoms with Gasteiger partial charge >= 0.3 is 5.97 Å². The first kappa shape index (κ1) is 19.5. The van der Waals surface area contributed by atoms with E-state index in [1.165, 1.54) is 17.2 Å². The minimum atomic E-state index is -0.783. The van der Waals surface area contributed by atoms with Gasteiger partial charge in [-0.15, -0.1) is 0 Å². The number of aliphatic hydroxyl groups is 1. The second-order valence-electron chi connectivity index (χ2n) is 7.91. The third kappa shape index (κ3) is 3.46. The summed E-state index contributed by atoms with van der Waals surface area (Å²) in [6.45, 7) is 2.78. The van der Waals surface area contributed by atoms with E-state index in [9.17, 15) is 9.90 Å². The van der Waals surface area contributed by atoms with Gasteiger partial charge in [-0.1, -0.05) is 66.7 Å². The monoisotopic (exact) mass is 406 g/mol. The molecule has 0 bridgehead atoms. The van der Waals surface area contributed by atoms with Crippen molar-refractivity contribution in [1.82, 2.24) is 9.80 Å². The molecule has 0 aromatic heterocycles. The summed E-state index contributed by atoms with van der Waals surface area (Å²) in [4.78, 5) is 16.2. The number of ether oxygens (including phenoxy) is 2. The SMILES string of the molecule is CCOC(=O)/C=C/CN1[C@H]([C@H]2O[C@@H](O)[C@H]3[C@@H](c4ccccc4)N32)[C@H]1c1ccccc1. The van der Waals surface area contributed by atoms with Crippen LogP contribution in [0, 0.1) is 0 Å². The van der Waals surface area contributed by atoms with Crippen molar-refractivity contribution in [3.8, 4) is 0 Å². The Kier molecular flexibility index (Phi) is 5.16. The third-order valence-electron chi connectivity index (χ3n) is 6.17. The van der Waals surface area contributed by atoms with Crippen LogP contribution in [0.4, 0.5) is 0 Å². The first-order valence-corrected chi connectivity index (χ1v) is 10.5. The molecule has 3 heterocycles. The summed E-state index contributed by atoms with van der Waals surface area (Å²) in [5.41, 5.74) is 2.42. The molecule has 3 aliphatic heterocycles. The molecule has 2 aromatic rings. The van der Waals surface area contributed by atoms with Gasteiger partial charge in [0.25, 0.3) is 0 Å². The second kappa shape index (κ2) is 7.96. The molecular formula is C24H26N2O4. The van der Waals surface area contributed by atoms with Gasteiger partial charge in [-0.25, -0.2) is 4.79 Å². The lowest BCUT2D eigenvalue weighted by Crippen LogP contribution is -2.30. The van der Waals surface area contributed by atoms with Gasteiger partial charge in [0.1, 0.15) is 6.23 Å². The number of carbonyl (C=O) groups is 1. The van der Waals surface area contributed by atoms with Crippen LogP contribution in [-0.2, 0) is 14.3 Å². The van der Waals surface area contributed by atoms with E-state index >= 15 is 0 Å². The van der Waals surface area contributed by atoms with Gasteiger partial charge in [0.2, 0.25) is 0 Å². The average Bonchev–Trinajstić information content (AvgIpc) is 3.65. The smallest absolute Gasteiger partial charge is 0.330 e. The van der Waals surface area contributed by atoms with E-state index in [4.69, 9.17) is 9.47 Å². The maximum atomic E-state index is 11.6. The van der Waals surface area contributed by atoms with Gasteiger partial charge in [0, 0.05) is 12.6 Å². The quantitative estimate of drug-likeness (QED) is 0.433. The predicted molar refractivity (Wildman–Crippen MR) is 111 cm³/mol. The molecule has 156 valence electrons. The predicted octanol–water partition coefficient (Wildman–Crippen LogP) is 2.63. The van der Waals surface area contributed by atoms with Crippen molar-refractivity contribution < 1.29 is 19.4 Å². The molecule has 0 spiro atoms. The molecule has 6 nitrogen and oxygen atoms in total. The highest BCUT2D eigenvalue weighted by Gasteiger charge is 2.69. The van der Waals surface area contributed by atoms with E-state index in [1.54, 1.807) is 6.92 Å². The Balaban J connectivity index is 1.34. The molecule has 30 heavy (non-hydrogen) atoms. The van der Waals surface area contributed by atoms with Crippen LogP contribution in [0.1, 0.15) is 30.1 Å². The fourth-order valence-electron chi connectivity index (χ4n) is 4.82. The number of hydrogen-bond acceptors (Lipinski definition) is 6. The Morgan fingerprint density at radius 1 is 1.03 bits per heavy atom. The standard InChI is InChI=1S/C24H26N2O4/c1-2-29-18(27)14-9-15-25-19(16-10-5-3-6-11-16)21(25)23-26-20(22(26)24(28)30-23)17-12-7-4-8-13-17/h3-14,19-24,28H,2,15H2,1H3/b14-9+/t19-,20-,21+,22-,23-,24-,25?,26?/m1/s1. The number of nitrogens with zero attached hydrogens (tertiary/aromatic N) is 2. The first-order valence-electron chi connectivity index (χ1n) is 10.5. The van der Waals surface area contributed by atoms with Gasteiger partial charge in [0.15, 0.2) is 6.29 Å². The lowest BCUT2D eigenvalue weighted by atomic mass is 10.1. The highest BCUT2D eigenvalue weighted by Crippen LogP contribution is 2.58. The van der Waals surface area contributed by atoms with Crippen molar-refractivity contribution in [2.24, 2.45) is 0 Å². The molecule has 0 saturated carbocycles. The number of aliphatic hydroxyl groups excluding tert-OH is 1. The van der Waals surface area contributed by atoms with Gasteiger partial charge in [0.05, 0.1) is 30.8 Å². The van der Waals surface area contributed by atoms with E-state index in [1.807, 2.05) is 42.5 Å². The maximum absolute atomic E-state index is 11.6. The molecule has 1 N–H and O–H groups in total. The zero-order valence-corrected chi connectivity index (χ0v) is 16.9. The molecule has 5 rings (SSSR count). The zero-order chi connectivity index (χ0) is 20.7. The molecule has 6 heteroatoms. The van der Waals surface area contributed by atoms with Gasteiger partial charge in [-0.2, -0.15) is 0 Å². The number of benzene rings is 2. The van der Waals surface area contributed by atoms with E-state index < -0.39 is 6.29 Å². The largest absolute Gasteiger partial charge is 0.463 e. The highest BCUT2D eigenvalue weighted by molar-refractivity contribution is 5.81. The van der Waals surface area contributed by atoms with Gasteiger partial charge in [-0.3, -0.25) is 9.80 Å². The van der Waals surface area contributed by atoms with Crippen molar-refractivity contribution in [3.05, 3.63) is 83.9 Å². The lowest BCUT2D eigenvalue weighted by Gasteiger charge is -2.18. The summed E-state index contributed by atoms with van der Waals surface area (Å²) in [6.07, 6.45) is 2.36. The van der Waals surface area contributed by atoms with Crippen LogP contribution in [-0.4, -0.2) is 58.6 Å². The van der Waals surface area contributed by atoms with Crippen molar-refractivity contribution in [2.75, 3.05) is 13.2 Å². The van der Waals surface area contributed by atoms with Crippen molar-refractivity contribution in [2.45, 2.75) is 43.6 Å². The van der Waals surface area contributed by atoms with Crippen molar-refractivity contribution in [1.29, 1.82) is 0 Å². The Morgan fingerprint density at radius 2 is 1.67 bits per heavy atom. The van der Waals surface area contributed by atoms with Crippen LogP contribution in [0.2, 0.25) is 0 Å². The lowest BCUT2D eigenvalue weighted by molar-refractivity contribution is -0.137. The Labute approximate surface area is 176 Å². The Hall–Kier alpha value is -2.51. The molecule has 2 aromatic carbocycles. The number of esters is 1. The maximum Gasteiger partial charge on any atom is 0.330 e. The van der Waals surface area contributed by atoms with E-state index in [0.29, 0.717) is 13.2 Å². The summed E-state index contributed by atoms with van der Waals surface area (Å²) in [5.74, 6) is -0.324. The Morgan fingerprint density at radius 3 is 2.30 bits per heavy atom. The summed E-state index contributed by atoms with van der Waals surface area (Å²) >= 11 is 0. The second-order valence-corrected chi connectivity index (χ2v) is 7.91. The Bertz CT molecular complexity index is 919. The third-order valence-corrected chi connectivity index (χ3v) is 6.17. The highest BCUT2D eigenvalue weighted by atomic mass is 16.6. The molecule has 2 unspecified atom stereocenters. The van der Waals surface area contributed by atoms with Crippen LogP contribution < -0.4 is 0 Å². The minimum Gasteiger partial charge on any atom is -0.463 e. The molecule has 0 aliphatic carbocycles. The van der Waals surface area contributed by atoms with E-state index in [0.717, 1.165) is 0 Å². The molecular weight excluding hydrogens is 380 g/mol. The fourth-order valence-corrected chi connectivity index (χ4v) is 4.82. The summed E-state index contributed by atoms with van der Waals surface area (Å²) in [7, 11) is 0. The summed E-state index contributed by atoms with van der Waals surface area (Å²) in [6, 6.07) is 21.1. The molecule has 0 amide bonds. The zero-order valence-electron chi connectivity index (χ0n) is 16.9. The number of hydrogen-bond donors (Lipinski definition) is 1. The molecule has 3 aliphatic rings. The molecule has 8 atom stereocenters. The van der Waals surface area contributed by atoms with Gasteiger partial charge < -0.3 is 14.6 Å². The van der Waals surface area contributed by atoms with Crippen molar-refractivity contribution >= 4 is 5.97 Å². The van der Waals surface area contributed by atoms with Crippen LogP contribution in [0.25, 0.3) is 0 Å².